The predicted molar refractivity (Wildman–Crippen MR) is 176 cm³/mol. The first-order valence-corrected chi connectivity index (χ1v) is 19.1. The molecule has 0 saturated carbocycles. The molecule has 4 radical (unpaired) electrons. The fourth-order valence-electron chi connectivity index (χ4n) is 3.35. The van der Waals surface area contributed by atoms with Gasteiger partial charge in [-0.1, -0.05) is 47.3 Å². The summed E-state index contributed by atoms with van der Waals surface area (Å²) < 4.78 is 119. The summed E-state index contributed by atoms with van der Waals surface area (Å²) in [6.45, 7) is 0. The van der Waals surface area contributed by atoms with Gasteiger partial charge in [0.05, 0.1) is 41.8 Å². The van der Waals surface area contributed by atoms with Gasteiger partial charge in [0.15, 0.2) is 0 Å². The van der Waals surface area contributed by atoms with E-state index in [0.717, 1.165) is 48.5 Å². The van der Waals surface area contributed by atoms with Gasteiger partial charge in [0, 0.05) is 27.3 Å². The van der Waals surface area contributed by atoms with Gasteiger partial charge in [-0.3, -0.25) is 18.2 Å². The van der Waals surface area contributed by atoms with E-state index in [4.69, 9.17) is 38.6 Å². The van der Waals surface area contributed by atoms with Crippen molar-refractivity contribution in [3.05, 3.63) is 95.1 Å². The van der Waals surface area contributed by atoms with E-state index in [1.165, 1.54) is 0 Å². The van der Waals surface area contributed by atoms with Gasteiger partial charge in [-0.2, -0.15) is 33.7 Å². The first-order chi connectivity index (χ1) is 25.3. The molecule has 8 N–H and O–H groups in total. The molecule has 24 nitrogen and oxygen atoms in total. The molecule has 4 aromatic rings. The van der Waals surface area contributed by atoms with Gasteiger partial charge in [0.2, 0.25) is 0 Å². The maximum atomic E-state index is 10.9. The second-order valence-corrected chi connectivity index (χ2v) is 15.4. The molecule has 57 heavy (non-hydrogen) atoms. The normalized spacial score (nSPS) is 11.0. The van der Waals surface area contributed by atoms with Gasteiger partial charge in [0.1, 0.15) is 0 Å². The summed E-state index contributed by atoms with van der Waals surface area (Å²) in [5, 5.41) is 77.4. The third kappa shape index (κ3) is 15.9. The zero-order chi connectivity index (χ0) is 43.7. The average molecular weight is 1080 g/mol. The quantitative estimate of drug-likeness (QED) is 0.0730. The maximum Gasteiger partial charge on any atom is 0.335 e. The molecule has 0 heterocycles. The number of aromatic carboxylic acids is 4. The van der Waals surface area contributed by atoms with Crippen LogP contribution in [0.2, 0.25) is 0 Å². The van der Waals surface area contributed by atoms with Crippen LogP contribution in [0.5, 0.6) is 23.0 Å². The second kappa shape index (κ2) is 20.1. The van der Waals surface area contributed by atoms with Crippen molar-refractivity contribution in [1.82, 2.24) is 0 Å². The van der Waals surface area contributed by atoms with Gasteiger partial charge >= 0.3 is 23.9 Å². The maximum absolute atomic E-state index is 10.9. The monoisotopic (exact) mass is 1080 g/mol. The Hall–Kier alpha value is -5.48. The Balaban J connectivity index is 0.000000729. The number of rotatable bonds is 8. The van der Waals surface area contributed by atoms with Crippen LogP contribution in [-0.4, -0.2) is 123 Å². The van der Waals surface area contributed by atoms with E-state index in [9.17, 15) is 73.3 Å². The molecule has 0 amide bonds. The van der Waals surface area contributed by atoms with Crippen LogP contribution in [0.15, 0.2) is 92.4 Å². The largest absolute Gasteiger partial charge is 0.872 e. The Morgan fingerprint density at radius 3 is 0.596 bits per heavy atom. The van der Waals surface area contributed by atoms with Crippen LogP contribution in [0.25, 0.3) is 0 Å². The van der Waals surface area contributed by atoms with Crippen molar-refractivity contribution in [2.24, 2.45) is 0 Å². The molecule has 0 aliphatic heterocycles. The minimum absolute atomic E-state index is 0. The Labute approximate surface area is 339 Å². The van der Waals surface area contributed by atoms with E-state index < -0.39 is 129 Å². The Morgan fingerprint density at radius 2 is 0.491 bits per heavy atom. The Morgan fingerprint density at radius 1 is 0.351 bits per heavy atom. The van der Waals surface area contributed by atoms with E-state index in [0.29, 0.717) is 24.3 Å². The topological polar surface area (TPSA) is 459 Å². The third-order valence-corrected chi connectivity index (χ3v) is 9.32. The number of carboxylic acid groups (broad SMARTS) is 4. The summed E-state index contributed by atoms with van der Waals surface area (Å²) in [4.78, 5) is 39.2. The van der Waals surface area contributed by atoms with E-state index in [2.05, 4.69) is 0 Å². The van der Waals surface area contributed by atoms with Crippen LogP contribution in [0, 0.1) is 0 Å². The third-order valence-electron chi connectivity index (χ3n) is 5.92. The summed E-state index contributed by atoms with van der Waals surface area (Å²) >= 11 is 0. The Kier molecular flexibility index (Phi) is 18.2. The molecule has 0 spiro atoms. The number of carboxylic acids is 4. The first kappa shape index (κ1) is 51.5. The molecule has 29 heteroatoms. The SMILES string of the molecule is O=C(O)c1cc(S(=O)(=O)O)ccc1[O-].O=C(O)c1cc(S(=O)(=O)O)ccc1[O-].O=C(O)c1cc(S(=O)(=O)O)ccc1[O-].O=C(O)c1cc(S(=O)(=O)O)ccc1[O-].[Pb]. The zero-order valence-corrected chi connectivity index (χ0v) is 34.3. The van der Waals surface area contributed by atoms with Gasteiger partial charge in [-0.05, 0) is 48.5 Å². The minimum Gasteiger partial charge on any atom is -0.872 e. The molecule has 4 rings (SSSR count). The van der Waals surface area contributed by atoms with Crippen LogP contribution in [0.1, 0.15) is 41.4 Å². The van der Waals surface area contributed by atoms with Gasteiger partial charge < -0.3 is 40.9 Å². The smallest absolute Gasteiger partial charge is 0.335 e. The van der Waals surface area contributed by atoms with E-state index >= 15 is 0 Å². The second-order valence-electron chi connectivity index (χ2n) is 9.75. The number of benzene rings is 4. The Bertz CT molecular complexity index is 2270. The van der Waals surface area contributed by atoms with Crippen LogP contribution < -0.4 is 20.4 Å². The summed E-state index contributed by atoms with van der Waals surface area (Å²) in [5.41, 5.74) is -2.78. The zero-order valence-electron chi connectivity index (χ0n) is 27.2. The van der Waals surface area contributed by atoms with Crippen molar-refractivity contribution in [1.29, 1.82) is 0 Å². The van der Waals surface area contributed by atoms with Crippen LogP contribution in [0.3, 0.4) is 0 Å². The molecule has 0 aliphatic carbocycles. The fraction of sp³-hybridized carbons (Fsp3) is 0. The summed E-state index contributed by atoms with van der Waals surface area (Å²) in [7, 11) is -17.9. The number of carbonyl (C=O) groups is 4. The van der Waals surface area contributed by atoms with Gasteiger partial charge in [-0.25, -0.2) is 19.2 Å². The molecular weight excluding hydrogens is 1060 g/mol. The molecule has 0 unspecified atom stereocenters. The predicted octanol–water partition coefficient (Wildman–Crippen LogP) is -1.56. The molecule has 0 fully saturated rings. The van der Waals surface area contributed by atoms with E-state index in [-0.39, 0.29) is 27.3 Å². The van der Waals surface area contributed by atoms with Gasteiger partial charge in [-0.15, -0.1) is 0 Å². The molecule has 0 bridgehead atoms. The van der Waals surface area contributed by atoms with Crippen molar-refractivity contribution in [3.8, 4) is 23.0 Å². The summed E-state index contributed by atoms with van der Waals surface area (Å²) in [6.07, 6.45) is 0. The average Bonchev–Trinajstić information content (AvgIpc) is 3.03. The molecule has 4 aromatic carbocycles. The molecule has 308 valence electrons. The van der Waals surface area contributed by atoms with Crippen molar-refractivity contribution < 1.29 is 112 Å². The summed E-state index contributed by atoms with van der Waals surface area (Å²) in [5.74, 6) is -9.42. The van der Waals surface area contributed by atoms with Crippen molar-refractivity contribution in [2.45, 2.75) is 19.6 Å². The van der Waals surface area contributed by atoms with Crippen molar-refractivity contribution in [3.63, 3.8) is 0 Å². The minimum atomic E-state index is -4.48. The van der Waals surface area contributed by atoms with Crippen LogP contribution in [0.4, 0.5) is 0 Å². The number of hydrogen-bond donors (Lipinski definition) is 8. The molecule has 0 atom stereocenters. The summed E-state index contributed by atoms with van der Waals surface area (Å²) in [6, 6.07) is 8.88. The van der Waals surface area contributed by atoms with Crippen molar-refractivity contribution >= 4 is 91.6 Å². The molecular formula is C28H20O24PbS4-4. The first-order valence-electron chi connectivity index (χ1n) is 13.4. The van der Waals surface area contributed by atoms with E-state index in [1.54, 1.807) is 0 Å². The molecule has 0 aliphatic rings. The van der Waals surface area contributed by atoms with Gasteiger partial charge in [0.25, 0.3) is 40.5 Å². The van der Waals surface area contributed by atoms with E-state index in [1.807, 2.05) is 0 Å². The fourth-order valence-corrected chi connectivity index (χ4v) is 5.37. The molecule has 0 saturated heterocycles. The van der Waals surface area contributed by atoms with Crippen LogP contribution >= 0.6 is 0 Å². The van der Waals surface area contributed by atoms with Crippen molar-refractivity contribution in [2.75, 3.05) is 0 Å². The molecule has 0 aromatic heterocycles. The number of hydrogen-bond acceptors (Lipinski definition) is 16. The standard InChI is InChI=1S/4C7H6O6S.Pb/c4*8-6-2-1-4(14(11,12)13)3-5(6)7(9)10;/h4*1-3,8H,(H,9,10)(H,11,12,13);/p-4. The van der Waals surface area contributed by atoms with Crippen LogP contribution in [-0.2, 0) is 40.5 Å².